The highest BCUT2D eigenvalue weighted by Crippen LogP contribution is 2.59. The van der Waals surface area contributed by atoms with Gasteiger partial charge < -0.3 is 4.74 Å². The summed E-state index contributed by atoms with van der Waals surface area (Å²) in [5.41, 5.74) is 0.0922. The normalized spacial score (nSPS) is 27.0. The summed E-state index contributed by atoms with van der Waals surface area (Å²) < 4.78 is 5.09. The van der Waals surface area contributed by atoms with Gasteiger partial charge in [0.1, 0.15) is 0 Å². The highest BCUT2D eigenvalue weighted by molar-refractivity contribution is 5.78. The van der Waals surface area contributed by atoms with E-state index in [4.69, 9.17) is 4.74 Å². The second kappa shape index (κ2) is 5.51. The van der Waals surface area contributed by atoms with E-state index in [2.05, 4.69) is 32.9 Å². The van der Waals surface area contributed by atoms with Crippen molar-refractivity contribution in [3.05, 3.63) is 12.2 Å². The molecule has 2 nitrogen and oxygen atoms in total. The van der Waals surface area contributed by atoms with E-state index in [1.54, 1.807) is 0 Å². The van der Waals surface area contributed by atoms with E-state index in [1.165, 1.54) is 12.8 Å². The number of carbonyl (C=O) groups excluding carboxylic acids is 1. The molecule has 1 aliphatic carbocycles. The molecule has 0 N–H and O–H groups in total. The highest BCUT2D eigenvalue weighted by atomic mass is 16.5. The van der Waals surface area contributed by atoms with Crippen LogP contribution < -0.4 is 0 Å². The van der Waals surface area contributed by atoms with Crippen LogP contribution in [0.3, 0.4) is 0 Å². The van der Waals surface area contributed by atoms with Gasteiger partial charge in [0.25, 0.3) is 0 Å². The molecule has 0 aliphatic heterocycles. The molecule has 0 aromatic heterocycles. The molecule has 2 heteroatoms. The van der Waals surface area contributed by atoms with E-state index in [1.807, 2.05) is 6.92 Å². The third-order valence-electron chi connectivity index (χ3n) is 3.52. The van der Waals surface area contributed by atoms with Gasteiger partial charge in [-0.15, -0.1) is 0 Å². The fourth-order valence-electron chi connectivity index (χ4n) is 2.28. The van der Waals surface area contributed by atoms with Crippen molar-refractivity contribution < 1.29 is 9.53 Å². The summed E-state index contributed by atoms with van der Waals surface area (Å²) in [7, 11) is 0. The average Bonchev–Trinajstić information content (AvgIpc) is 2.76. The smallest absolute Gasteiger partial charge is 0.310 e. The van der Waals surface area contributed by atoms with Crippen LogP contribution in [-0.2, 0) is 9.53 Å². The standard InChI is InChI=1S/C14H24O2/c1-5-7-8-9-10-11-12(14(11,3)4)13(15)16-6-2/h9-12H,5-8H2,1-4H3. The first-order valence-corrected chi connectivity index (χ1v) is 6.39. The van der Waals surface area contributed by atoms with Crippen LogP contribution in [0.15, 0.2) is 12.2 Å². The molecule has 0 radical (unpaired) electrons. The molecule has 0 saturated heterocycles. The number of ether oxygens (including phenoxy) is 1. The van der Waals surface area contributed by atoms with Crippen LogP contribution in [0.1, 0.15) is 47.0 Å². The Morgan fingerprint density at radius 1 is 1.38 bits per heavy atom. The van der Waals surface area contributed by atoms with Crippen molar-refractivity contribution in [2.45, 2.75) is 47.0 Å². The van der Waals surface area contributed by atoms with Crippen molar-refractivity contribution in [1.82, 2.24) is 0 Å². The monoisotopic (exact) mass is 224 g/mol. The topological polar surface area (TPSA) is 26.3 Å². The average molecular weight is 224 g/mol. The van der Waals surface area contributed by atoms with Gasteiger partial charge in [0.15, 0.2) is 0 Å². The molecule has 1 rings (SSSR count). The zero-order chi connectivity index (χ0) is 12.2. The van der Waals surface area contributed by atoms with Gasteiger partial charge in [-0.05, 0) is 24.7 Å². The van der Waals surface area contributed by atoms with Crippen LogP contribution >= 0.6 is 0 Å². The van der Waals surface area contributed by atoms with E-state index >= 15 is 0 Å². The third kappa shape index (κ3) is 2.87. The second-order valence-corrected chi connectivity index (χ2v) is 5.15. The van der Waals surface area contributed by atoms with Crippen molar-refractivity contribution in [3.8, 4) is 0 Å². The molecular weight excluding hydrogens is 200 g/mol. The van der Waals surface area contributed by atoms with Crippen molar-refractivity contribution in [2.75, 3.05) is 6.61 Å². The summed E-state index contributed by atoms with van der Waals surface area (Å²) in [6.45, 7) is 8.82. The molecule has 0 heterocycles. The molecule has 2 atom stereocenters. The molecule has 0 aromatic rings. The zero-order valence-corrected chi connectivity index (χ0v) is 11.0. The lowest BCUT2D eigenvalue weighted by molar-refractivity contribution is -0.145. The number of allylic oxidation sites excluding steroid dienone is 2. The molecule has 92 valence electrons. The quantitative estimate of drug-likeness (QED) is 0.392. The Bertz CT molecular complexity index is 266. The molecule has 1 aliphatic rings. The van der Waals surface area contributed by atoms with Crippen molar-refractivity contribution in [1.29, 1.82) is 0 Å². The minimum atomic E-state index is -0.0300. The van der Waals surface area contributed by atoms with Crippen molar-refractivity contribution in [2.24, 2.45) is 17.3 Å². The maximum absolute atomic E-state index is 11.7. The number of hydrogen-bond acceptors (Lipinski definition) is 2. The van der Waals surface area contributed by atoms with Crippen LogP contribution in [0.2, 0.25) is 0 Å². The summed E-state index contributed by atoms with van der Waals surface area (Å²) in [6, 6.07) is 0. The molecule has 0 aromatic carbocycles. The van der Waals surface area contributed by atoms with Gasteiger partial charge in [-0.25, -0.2) is 0 Å². The lowest BCUT2D eigenvalue weighted by atomic mass is 10.1. The zero-order valence-electron chi connectivity index (χ0n) is 11.0. The largest absolute Gasteiger partial charge is 0.466 e. The predicted molar refractivity (Wildman–Crippen MR) is 66.1 cm³/mol. The number of carbonyl (C=O) groups is 1. The minimum absolute atomic E-state index is 0.0300. The molecule has 0 amide bonds. The molecular formula is C14H24O2. The second-order valence-electron chi connectivity index (χ2n) is 5.15. The highest BCUT2D eigenvalue weighted by Gasteiger charge is 2.61. The summed E-state index contributed by atoms with van der Waals surface area (Å²) in [6.07, 6.45) is 8.00. The van der Waals surface area contributed by atoms with Crippen molar-refractivity contribution >= 4 is 5.97 Å². The number of hydrogen-bond donors (Lipinski definition) is 0. The van der Waals surface area contributed by atoms with Crippen LogP contribution in [0, 0.1) is 17.3 Å². The Morgan fingerprint density at radius 3 is 2.62 bits per heavy atom. The lowest BCUT2D eigenvalue weighted by Gasteiger charge is -2.01. The number of rotatable bonds is 6. The van der Waals surface area contributed by atoms with Crippen LogP contribution in [0.4, 0.5) is 0 Å². The van der Waals surface area contributed by atoms with E-state index in [0.29, 0.717) is 12.5 Å². The Kier molecular flexibility index (Phi) is 4.57. The molecule has 0 bridgehead atoms. The Labute approximate surface area is 99.1 Å². The lowest BCUT2D eigenvalue weighted by Crippen LogP contribution is -2.10. The van der Waals surface area contributed by atoms with Crippen molar-refractivity contribution in [3.63, 3.8) is 0 Å². The van der Waals surface area contributed by atoms with Gasteiger partial charge in [-0.3, -0.25) is 4.79 Å². The Morgan fingerprint density at radius 2 is 2.06 bits per heavy atom. The SMILES string of the molecule is CCCCC=CC1C(C(=O)OCC)C1(C)C. The summed E-state index contributed by atoms with van der Waals surface area (Å²) in [5.74, 6) is 0.423. The first-order valence-electron chi connectivity index (χ1n) is 6.39. The van der Waals surface area contributed by atoms with E-state index in [9.17, 15) is 4.79 Å². The van der Waals surface area contributed by atoms with Gasteiger partial charge in [-0.2, -0.15) is 0 Å². The van der Waals surface area contributed by atoms with Gasteiger partial charge in [0.2, 0.25) is 0 Å². The van der Waals surface area contributed by atoms with Crippen LogP contribution in [-0.4, -0.2) is 12.6 Å². The van der Waals surface area contributed by atoms with Gasteiger partial charge in [0.05, 0.1) is 12.5 Å². The Balaban J connectivity index is 2.44. The third-order valence-corrected chi connectivity index (χ3v) is 3.52. The van der Waals surface area contributed by atoms with Crippen LogP contribution in [0.5, 0.6) is 0 Å². The molecule has 2 unspecified atom stereocenters. The van der Waals surface area contributed by atoms with Gasteiger partial charge in [-0.1, -0.05) is 45.8 Å². The van der Waals surface area contributed by atoms with E-state index in [-0.39, 0.29) is 17.3 Å². The maximum atomic E-state index is 11.7. The number of esters is 1. The van der Waals surface area contributed by atoms with E-state index < -0.39 is 0 Å². The maximum Gasteiger partial charge on any atom is 0.310 e. The van der Waals surface area contributed by atoms with E-state index in [0.717, 1.165) is 6.42 Å². The molecule has 16 heavy (non-hydrogen) atoms. The minimum Gasteiger partial charge on any atom is -0.466 e. The summed E-state index contributed by atoms with van der Waals surface area (Å²) in [4.78, 5) is 11.7. The molecule has 1 fully saturated rings. The first-order chi connectivity index (χ1) is 7.55. The summed E-state index contributed by atoms with van der Waals surface area (Å²) in [5, 5.41) is 0. The Hall–Kier alpha value is -0.790. The first kappa shape index (κ1) is 13.3. The van der Waals surface area contributed by atoms with Gasteiger partial charge >= 0.3 is 5.97 Å². The fourth-order valence-corrected chi connectivity index (χ4v) is 2.28. The van der Waals surface area contributed by atoms with Gasteiger partial charge in [0, 0.05) is 0 Å². The molecule has 1 saturated carbocycles. The fraction of sp³-hybridized carbons (Fsp3) is 0.786. The summed E-state index contributed by atoms with van der Waals surface area (Å²) >= 11 is 0. The number of unbranched alkanes of at least 4 members (excludes halogenated alkanes) is 2. The predicted octanol–water partition coefficient (Wildman–Crippen LogP) is 3.57. The van der Waals surface area contributed by atoms with Crippen LogP contribution in [0.25, 0.3) is 0 Å². The molecule has 0 spiro atoms.